The standard InChI is InChI=1S/C19H21N7O2/c1-13-11-21-12-16(23-13)17-5-9-28-26(17)18(27)14-3-7-25(8-4-14)19-22-6-2-15(10-20)24-19/h2,6,11-12,14,17H,3-5,7-9H2,1H3/t17-/m0/s1. The third kappa shape index (κ3) is 3.64. The van der Waals surface area contributed by atoms with Gasteiger partial charge >= 0.3 is 0 Å². The SMILES string of the molecule is Cc1cncc([C@@H]2CCON2C(=O)C2CCN(c3nccc(C#N)n3)CC2)n1. The first-order valence-corrected chi connectivity index (χ1v) is 9.38. The molecule has 1 atom stereocenters. The first kappa shape index (κ1) is 18.3. The number of hydrogen-bond acceptors (Lipinski definition) is 8. The van der Waals surface area contributed by atoms with Crippen LogP contribution in [-0.2, 0) is 9.63 Å². The van der Waals surface area contributed by atoms with E-state index >= 15 is 0 Å². The van der Waals surface area contributed by atoms with Crippen LogP contribution in [0.15, 0.2) is 24.7 Å². The smallest absolute Gasteiger partial charge is 0.250 e. The number of amides is 1. The van der Waals surface area contributed by atoms with Gasteiger partial charge < -0.3 is 4.90 Å². The molecule has 0 N–H and O–H groups in total. The summed E-state index contributed by atoms with van der Waals surface area (Å²) in [6.45, 7) is 3.71. The third-order valence-corrected chi connectivity index (χ3v) is 5.12. The molecule has 144 valence electrons. The molecule has 2 aromatic heterocycles. The van der Waals surface area contributed by atoms with E-state index in [1.54, 1.807) is 24.7 Å². The van der Waals surface area contributed by atoms with E-state index in [2.05, 4.69) is 19.9 Å². The number of nitrogens with zero attached hydrogens (tertiary/aromatic N) is 7. The Labute approximate surface area is 163 Å². The van der Waals surface area contributed by atoms with Crippen LogP contribution in [0.25, 0.3) is 0 Å². The summed E-state index contributed by atoms with van der Waals surface area (Å²) in [4.78, 5) is 37.9. The summed E-state index contributed by atoms with van der Waals surface area (Å²) in [6, 6.07) is 3.42. The molecule has 9 heteroatoms. The molecule has 2 aliphatic rings. The highest BCUT2D eigenvalue weighted by molar-refractivity contribution is 5.78. The van der Waals surface area contributed by atoms with Crippen LogP contribution >= 0.6 is 0 Å². The number of piperidine rings is 1. The molecule has 0 saturated carbocycles. The lowest BCUT2D eigenvalue weighted by Crippen LogP contribution is -2.42. The highest BCUT2D eigenvalue weighted by Gasteiger charge is 2.38. The summed E-state index contributed by atoms with van der Waals surface area (Å²) >= 11 is 0. The predicted molar refractivity (Wildman–Crippen MR) is 98.6 cm³/mol. The summed E-state index contributed by atoms with van der Waals surface area (Å²) in [6.07, 6.45) is 7.08. The van der Waals surface area contributed by atoms with Gasteiger partial charge in [0.05, 0.1) is 24.2 Å². The Kier molecular flexibility index (Phi) is 5.12. The molecule has 0 bridgehead atoms. The van der Waals surface area contributed by atoms with Gasteiger partial charge in [-0.15, -0.1) is 0 Å². The van der Waals surface area contributed by atoms with E-state index in [1.807, 2.05) is 17.9 Å². The summed E-state index contributed by atoms with van der Waals surface area (Å²) in [5, 5.41) is 10.5. The minimum atomic E-state index is -0.187. The Morgan fingerprint density at radius 3 is 2.82 bits per heavy atom. The minimum absolute atomic E-state index is 0.00264. The van der Waals surface area contributed by atoms with E-state index in [1.165, 1.54) is 5.06 Å². The second kappa shape index (κ2) is 7.86. The summed E-state index contributed by atoms with van der Waals surface area (Å²) in [7, 11) is 0. The maximum absolute atomic E-state index is 13.1. The van der Waals surface area contributed by atoms with Crippen molar-refractivity contribution >= 4 is 11.9 Å². The van der Waals surface area contributed by atoms with Gasteiger partial charge in [0.25, 0.3) is 0 Å². The van der Waals surface area contributed by atoms with Crippen LogP contribution in [0.5, 0.6) is 0 Å². The van der Waals surface area contributed by atoms with Crippen molar-refractivity contribution in [2.24, 2.45) is 5.92 Å². The van der Waals surface area contributed by atoms with E-state index in [0.717, 1.165) is 17.8 Å². The molecular formula is C19H21N7O2. The Morgan fingerprint density at radius 1 is 1.25 bits per heavy atom. The number of rotatable bonds is 3. The van der Waals surface area contributed by atoms with Gasteiger partial charge in [0, 0.05) is 37.8 Å². The number of nitriles is 1. The molecule has 0 aromatic carbocycles. The quantitative estimate of drug-likeness (QED) is 0.791. The topological polar surface area (TPSA) is 108 Å². The molecular weight excluding hydrogens is 358 g/mol. The van der Waals surface area contributed by atoms with Gasteiger partial charge in [0.15, 0.2) is 0 Å². The average molecular weight is 379 g/mol. The zero-order valence-corrected chi connectivity index (χ0v) is 15.7. The summed E-state index contributed by atoms with van der Waals surface area (Å²) in [5.74, 6) is 0.418. The lowest BCUT2D eigenvalue weighted by atomic mass is 9.95. The van der Waals surface area contributed by atoms with Crippen molar-refractivity contribution < 1.29 is 9.63 Å². The molecule has 2 aliphatic heterocycles. The maximum atomic E-state index is 13.1. The van der Waals surface area contributed by atoms with Crippen molar-refractivity contribution in [1.82, 2.24) is 25.0 Å². The van der Waals surface area contributed by atoms with Crippen molar-refractivity contribution in [1.29, 1.82) is 5.26 Å². The number of hydrogen-bond donors (Lipinski definition) is 0. The largest absolute Gasteiger partial charge is 0.341 e. The number of carbonyl (C=O) groups is 1. The molecule has 0 unspecified atom stereocenters. The average Bonchev–Trinajstić information content (AvgIpc) is 3.23. The molecule has 4 heterocycles. The fourth-order valence-corrected chi connectivity index (χ4v) is 3.67. The molecule has 9 nitrogen and oxygen atoms in total. The number of hydroxylamine groups is 2. The van der Waals surface area contributed by atoms with Gasteiger partial charge in [0.1, 0.15) is 17.8 Å². The van der Waals surface area contributed by atoms with Crippen LogP contribution in [0.2, 0.25) is 0 Å². The Morgan fingerprint density at radius 2 is 2.07 bits per heavy atom. The van der Waals surface area contributed by atoms with Gasteiger partial charge in [-0.25, -0.2) is 15.0 Å². The Bertz CT molecular complexity index is 905. The highest BCUT2D eigenvalue weighted by Crippen LogP contribution is 2.32. The molecule has 4 rings (SSSR count). The van der Waals surface area contributed by atoms with E-state index in [-0.39, 0.29) is 17.9 Å². The monoisotopic (exact) mass is 379 g/mol. The lowest BCUT2D eigenvalue weighted by Gasteiger charge is -2.33. The number of aromatic nitrogens is 4. The first-order valence-electron chi connectivity index (χ1n) is 9.38. The van der Waals surface area contributed by atoms with Crippen LogP contribution < -0.4 is 4.90 Å². The molecule has 2 aromatic rings. The van der Waals surface area contributed by atoms with E-state index in [9.17, 15) is 4.79 Å². The number of anilines is 1. The van der Waals surface area contributed by atoms with Crippen molar-refractivity contribution in [3.8, 4) is 6.07 Å². The van der Waals surface area contributed by atoms with Crippen molar-refractivity contribution in [3.05, 3.63) is 41.7 Å². The van der Waals surface area contributed by atoms with Crippen LogP contribution in [-0.4, -0.2) is 50.6 Å². The molecule has 0 radical (unpaired) electrons. The lowest BCUT2D eigenvalue weighted by molar-refractivity contribution is -0.182. The fourth-order valence-electron chi connectivity index (χ4n) is 3.67. The van der Waals surface area contributed by atoms with E-state index in [4.69, 9.17) is 10.1 Å². The second-order valence-corrected chi connectivity index (χ2v) is 7.00. The third-order valence-electron chi connectivity index (χ3n) is 5.12. The van der Waals surface area contributed by atoms with Gasteiger partial charge in [-0.1, -0.05) is 0 Å². The highest BCUT2D eigenvalue weighted by atomic mass is 16.7. The molecule has 0 aliphatic carbocycles. The van der Waals surface area contributed by atoms with Crippen LogP contribution in [0, 0.1) is 24.2 Å². The zero-order valence-electron chi connectivity index (χ0n) is 15.7. The van der Waals surface area contributed by atoms with Gasteiger partial charge in [-0.3, -0.25) is 19.6 Å². The molecule has 2 fully saturated rings. The summed E-state index contributed by atoms with van der Waals surface area (Å²) in [5.41, 5.74) is 1.94. The van der Waals surface area contributed by atoms with Gasteiger partial charge in [-0.05, 0) is 25.8 Å². The zero-order chi connectivity index (χ0) is 19.5. The van der Waals surface area contributed by atoms with Crippen LogP contribution in [0.3, 0.4) is 0 Å². The molecule has 2 saturated heterocycles. The molecule has 28 heavy (non-hydrogen) atoms. The Balaban J connectivity index is 1.41. The van der Waals surface area contributed by atoms with Crippen LogP contribution in [0.4, 0.5) is 5.95 Å². The van der Waals surface area contributed by atoms with E-state index in [0.29, 0.717) is 44.2 Å². The number of carbonyl (C=O) groups excluding carboxylic acids is 1. The second-order valence-electron chi connectivity index (χ2n) is 7.00. The fraction of sp³-hybridized carbons (Fsp3) is 0.474. The first-order chi connectivity index (χ1) is 13.7. The minimum Gasteiger partial charge on any atom is -0.341 e. The van der Waals surface area contributed by atoms with Crippen LogP contribution in [0.1, 0.15) is 42.4 Å². The maximum Gasteiger partial charge on any atom is 0.250 e. The van der Waals surface area contributed by atoms with Crippen molar-refractivity contribution in [2.75, 3.05) is 24.6 Å². The summed E-state index contributed by atoms with van der Waals surface area (Å²) < 4.78 is 0. The van der Waals surface area contributed by atoms with Gasteiger partial charge in [-0.2, -0.15) is 5.26 Å². The predicted octanol–water partition coefficient (Wildman–Crippen LogP) is 1.57. The molecule has 1 amide bonds. The van der Waals surface area contributed by atoms with Crippen molar-refractivity contribution in [2.45, 2.75) is 32.2 Å². The normalized spacial score (nSPS) is 20.2. The Hall–Kier alpha value is -3.12. The molecule has 0 spiro atoms. The van der Waals surface area contributed by atoms with Crippen molar-refractivity contribution in [3.63, 3.8) is 0 Å². The number of aryl methyl sites for hydroxylation is 1. The van der Waals surface area contributed by atoms with Gasteiger partial charge in [0.2, 0.25) is 11.9 Å². The van der Waals surface area contributed by atoms with E-state index < -0.39 is 0 Å².